The first-order chi connectivity index (χ1) is 16.7. The molecule has 4 heteroatoms. The molecule has 0 aliphatic heterocycles. The van der Waals surface area contributed by atoms with Gasteiger partial charge >= 0.3 is 0 Å². The minimum atomic E-state index is -0.225. The minimum Gasteiger partial charge on any atom is -0.354 e. The summed E-state index contributed by atoms with van der Waals surface area (Å²) in [7, 11) is 0. The van der Waals surface area contributed by atoms with Crippen LogP contribution in [0, 0.1) is 5.82 Å². The highest BCUT2D eigenvalue weighted by atomic mass is 79.9. The predicted molar refractivity (Wildman–Crippen MR) is 143 cm³/mol. The number of nitrogens with zero attached hydrogens (tertiary/aromatic N) is 1. The molecule has 7 rings (SSSR count). The second-order valence-corrected chi connectivity index (χ2v) is 9.46. The summed E-state index contributed by atoms with van der Waals surface area (Å²) in [5.41, 5.74) is 6.83. The Balaban J connectivity index is 1.60. The van der Waals surface area contributed by atoms with Gasteiger partial charge in [0.1, 0.15) is 5.82 Å². The number of fused-ring (bicyclic) bond motifs is 6. The first-order valence-corrected chi connectivity index (χ1v) is 12.0. The van der Waals surface area contributed by atoms with E-state index >= 15 is 4.39 Å². The predicted octanol–water partition coefficient (Wildman–Crippen LogP) is 8.99. The van der Waals surface area contributed by atoms with Gasteiger partial charge < -0.3 is 9.55 Å². The van der Waals surface area contributed by atoms with E-state index < -0.39 is 0 Å². The van der Waals surface area contributed by atoms with E-state index in [0.717, 1.165) is 54.0 Å². The number of halogens is 2. The molecular weight excluding hydrogens is 487 g/mol. The number of H-pyrrole nitrogens is 1. The monoisotopic (exact) mass is 504 g/mol. The summed E-state index contributed by atoms with van der Waals surface area (Å²) >= 11 is 3.60. The van der Waals surface area contributed by atoms with Gasteiger partial charge in [0.05, 0.1) is 22.2 Å². The van der Waals surface area contributed by atoms with E-state index in [1.807, 2.05) is 36.4 Å². The van der Waals surface area contributed by atoms with E-state index in [0.29, 0.717) is 5.52 Å². The maximum atomic E-state index is 15.3. The summed E-state index contributed by atoms with van der Waals surface area (Å²) in [6, 6.07) is 34.4. The zero-order valence-corrected chi connectivity index (χ0v) is 19.6. The van der Waals surface area contributed by atoms with E-state index in [2.05, 4.69) is 80.1 Å². The molecule has 0 radical (unpaired) electrons. The standard InChI is InChI=1S/C30H18BrFN2/c31-18-15-16-26-24(17-18)22-10-5-9-21(29(22)33-26)19-7-1-3-13-27(19)34-28-14-4-2-8-20(28)23-11-6-12-25(32)30(23)34/h1-17,33H. The Bertz CT molecular complexity index is 1890. The molecule has 34 heavy (non-hydrogen) atoms. The second-order valence-electron chi connectivity index (χ2n) is 8.55. The molecule has 0 spiro atoms. The topological polar surface area (TPSA) is 20.7 Å². The fourth-order valence-corrected chi connectivity index (χ4v) is 5.60. The van der Waals surface area contributed by atoms with Crippen molar-refractivity contribution in [3.63, 3.8) is 0 Å². The zero-order chi connectivity index (χ0) is 22.8. The molecule has 0 aliphatic rings. The summed E-state index contributed by atoms with van der Waals surface area (Å²) in [6.45, 7) is 0. The molecule has 7 aromatic rings. The van der Waals surface area contributed by atoms with E-state index in [1.165, 1.54) is 11.5 Å². The zero-order valence-electron chi connectivity index (χ0n) is 18.0. The Morgan fingerprint density at radius 3 is 2.32 bits per heavy atom. The molecule has 162 valence electrons. The third-order valence-corrected chi connectivity index (χ3v) is 7.17. The van der Waals surface area contributed by atoms with Crippen molar-refractivity contribution in [1.29, 1.82) is 0 Å². The Kier molecular flexibility index (Phi) is 4.20. The average Bonchev–Trinajstić information content (AvgIpc) is 3.40. The second kappa shape index (κ2) is 7.31. The average molecular weight is 505 g/mol. The van der Waals surface area contributed by atoms with Crippen molar-refractivity contribution in [1.82, 2.24) is 9.55 Å². The Morgan fingerprint density at radius 2 is 1.38 bits per heavy atom. The van der Waals surface area contributed by atoms with E-state index in [1.54, 1.807) is 6.07 Å². The molecule has 2 heterocycles. The van der Waals surface area contributed by atoms with Crippen LogP contribution in [0.1, 0.15) is 0 Å². The normalized spacial score (nSPS) is 11.8. The Hall–Kier alpha value is -3.89. The van der Waals surface area contributed by atoms with Crippen LogP contribution in [0.4, 0.5) is 4.39 Å². The molecule has 1 N–H and O–H groups in total. The van der Waals surface area contributed by atoms with Crippen molar-refractivity contribution in [2.75, 3.05) is 0 Å². The van der Waals surface area contributed by atoms with Gasteiger partial charge in [0.2, 0.25) is 0 Å². The maximum absolute atomic E-state index is 15.3. The fraction of sp³-hybridized carbons (Fsp3) is 0. The van der Waals surface area contributed by atoms with Crippen molar-refractivity contribution in [2.24, 2.45) is 0 Å². The van der Waals surface area contributed by atoms with Gasteiger partial charge in [-0.2, -0.15) is 0 Å². The quantitative estimate of drug-likeness (QED) is 0.242. The number of aromatic nitrogens is 2. The molecule has 2 nitrogen and oxygen atoms in total. The third kappa shape index (κ3) is 2.72. The van der Waals surface area contributed by atoms with Crippen LogP contribution in [0.25, 0.3) is 60.4 Å². The Labute approximate surface area is 203 Å². The molecule has 5 aromatic carbocycles. The van der Waals surface area contributed by atoms with Crippen LogP contribution in [0.3, 0.4) is 0 Å². The van der Waals surface area contributed by atoms with Gasteiger partial charge in [0.15, 0.2) is 0 Å². The van der Waals surface area contributed by atoms with Crippen molar-refractivity contribution >= 4 is 59.5 Å². The van der Waals surface area contributed by atoms with Gasteiger partial charge in [-0.1, -0.05) is 82.7 Å². The van der Waals surface area contributed by atoms with E-state index in [4.69, 9.17) is 0 Å². The molecule has 0 saturated heterocycles. The Morgan fingerprint density at radius 1 is 0.647 bits per heavy atom. The highest BCUT2D eigenvalue weighted by molar-refractivity contribution is 9.10. The highest BCUT2D eigenvalue weighted by Crippen LogP contribution is 2.40. The van der Waals surface area contributed by atoms with Crippen molar-refractivity contribution in [2.45, 2.75) is 0 Å². The van der Waals surface area contributed by atoms with Crippen LogP contribution in [-0.2, 0) is 0 Å². The molecule has 2 aromatic heterocycles. The van der Waals surface area contributed by atoms with Gasteiger partial charge in [-0.15, -0.1) is 0 Å². The number of para-hydroxylation sites is 4. The van der Waals surface area contributed by atoms with Gasteiger partial charge in [0, 0.05) is 42.7 Å². The molecule has 0 bridgehead atoms. The van der Waals surface area contributed by atoms with Crippen molar-refractivity contribution in [3.05, 3.63) is 113 Å². The molecule has 0 fully saturated rings. The van der Waals surface area contributed by atoms with E-state index in [9.17, 15) is 0 Å². The van der Waals surface area contributed by atoms with Crippen molar-refractivity contribution < 1.29 is 4.39 Å². The number of benzene rings is 5. The SMILES string of the molecule is Fc1cccc2c3ccccc3n(-c3ccccc3-c3cccc4c3[nH]c3ccc(Br)cc34)c12. The lowest BCUT2D eigenvalue weighted by molar-refractivity contribution is 0.635. The first kappa shape index (κ1) is 19.6. The summed E-state index contributed by atoms with van der Waals surface area (Å²) in [4.78, 5) is 3.63. The number of hydrogen-bond acceptors (Lipinski definition) is 0. The van der Waals surface area contributed by atoms with Crippen LogP contribution in [0.5, 0.6) is 0 Å². The highest BCUT2D eigenvalue weighted by Gasteiger charge is 2.19. The molecule has 0 unspecified atom stereocenters. The van der Waals surface area contributed by atoms with Crippen LogP contribution < -0.4 is 0 Å². The molecule has 0 amide bonds. The van der Waals surface area contributed by atoms with Crippen molar-refractivity contribution in [3.8, 4) is 16.8 Å². The lowest BCUT2D eigenvalue weighted by Crippen LogP contribution is -1.98. The molecule has 0 atom stereocenters. The number of aromatic amines is 1. The smallest absolute Gasteiger partial charge is 0.147 e. The largest absolute Gasteiger partial charge is 0.354 e. The molecule has 0 saturated carbocycles. The van der Waals surface area contributed by atoms with E-state index in [-0.39, 0.29) is 5.82 Å². The summed E-state index contributed by atoms with van der Waals surface area (Å²) in [5, 5.41) is 4.29. The molecule has 0 aliphatic carbocycles. The van der Waals surface area contributed by atoms with Gasteiger partial charge in [-0.3, -0.25) is 0 Å². The van der Waals surface area contributed by atoms with Gasteiger partial charge in [-0.05, 0) is 36.4 Å². The number of rotatable bonds is 2. The van der Waals surface area contributed by atoms with Crippen LogP contribution in [0.15, 0.2) is 108 Å². The van der Waals surface area contributed by atoms with Crippen LogP contribution >= 0.6 is 15.9 Å². The maximum Gasteiger partial charge on any atom is 0.147 e. The van der Waals surface area contributed by atoms with Gasteiger partial charge in [0.25, 0.3) is 0 Å². The fourth-order valence-electron chi connectivity index (χ4n) is 5.24. The minimum absolute atomic E-state index is 0.225. The number of hydrogen-bond donors (Lipinski definition) is 1. The number of nitrogens with one attached hydrogen (secondary N) is 1. The van der Waals surface area contributed by atoms with Crippen LogP contribution in [-0.4, -0.2) is 9.55 Å². The lowest BCUT2D eigenvalue weighted by Gasteiger charge is -2.15. The lowest BCUT2D eigenvalue weighted by atomic mass is 10.00. The first-order valence-electron chi connectivity index (χ1n) is 11.2. The molecular formula is C30H18BrFN2. The summed E-state index contributed by atoms with van der Waals surface area (Å²) in [6.07, 6.45) is 0. The summed E-state index contributed by atoms with van der Waals surface area (Å²) in [5.74, 6) is -0.225. The van der Waals surface area contributed by atoms with Gasteiger partial charge in [-0.25, -0.2) is 4.39 Å². The summed E-state index contributed by atoms with van der Waals surface area (Å²) < 4.78 is 18.4. The van der Waals surface area contributed by atoms with Crippen LogP contribution in [0.2, 0.25) is 0 Å². The third-order valence-electron chi connectivity index (χ3n) is 6.68.